The number of nitrogens with zero attached hydrogens (tertiary/aromatic N) is 4. The van der Waals surface area contributed by atoms with Crippen LogP contribution in [0.2, 0.25) is 0 Å². The van der Waals surface area contributed by atoms with Crippen LogP contribution in [-0.2, 0) is 9.53 Å². The molecular formula is C8H13N4O2S. The van der Waals surface area contributed by atoms with Crippen molar-refractivity contribution in [3.63, 3.8) is 0 Å². The first kappa shape index (κ1) is 12.1. The van der Waals surface area contributed by atoms with Gasteiger partial charge in [0.15, 0.2) is 0 Å². The van der Waals surface area contributed by atoms with Crippen molar-refractivity contribution in [2.45, 2.75) is 30.2 Å². The van der Waals surface area contributed by atoms with E-state index < -0.39 is 11.6 Å². The van der Waals surface area contributed by atoms with E-state index >= 15 is 0 Å². The molecule has 1 heterocycles. The van der Waals surface area contributed by atoms with E-state index in [2.05, 4.69) is 45.0 Å². The molecule has 1 radical (unpaired) electrons. The number of esters is 1. The summed E-state index contributed by atoms with van der Waals surface area (Å²) in [6.45, 7) is 3.72. The Kier molecular flexibility index (Phi) is 4.19. The fourth-order valence-corrected chi connectivity index (χ4v) is 1.62. The molecule has 1 rings (SSSR count). The van der Waals surface area contributed by atoms with Gasteiger partial charge in [-0.1, -0.05) is 13.3 Å². The van der Waals surface area contributed by atoms with Crippen LogP contribution in [0.25, 0.3) is 0 Å². The molecule has 1 atom stereocenters. The van der Waals surface area contributed by atoms with Crippen LogP contribution in [0.5, 0.6) is 0 Å². The van der Waals surface area contributed by atoms with Gasteiger partial charge in [0.25, 0.3) is 0 Å². The number of thiol groups is 1. The van der Waals surface area contributed by atoms with E-state index in [4.69, 9.17) is 0 Å². The van der Waals surface area contributed by atoms with Gasteiger partial charge in [0.1, 0.15) is 0 Å². The lowest BCUT2D eigenvalue weighted by Gasteiger charge is -2.24. The summed E-state index contributed by atoms with van der Waals surface area (Å²) in [6.07, 6.45) is 1.37. The van der Waals surface area contributed by atoms with Gasteiger partial charge in [0, 0.05) is 0 Å². The summed E-state index contributed by atoms with van der Waals surface area (Å²) in [4.78, 5) is 11.2. The lowest BCUT2D eigenvalue weighted by molar-refractivity contribution is -0.142. The van der Waals surface area contributed by atoms with Crippen molar-refractivity contribution in [1.82, 2.24) is 0 Å². The molecule has 0 spiro atoms. The second-order valence-electron chi connectivity index (χ2n) is 3.17. The molecule has 0 aromatic carbocycles. The molecule has 1 aliphatic heterocycles. The van der Waals surface area contributed by atoms with Crippen molar-refractivity contribution in [2.75, 3.05) is 7.11 Å². The third kappa shape index (κ3) is 2.74. The molecule has 1 aliphatic rings. The quantitative estimate of drug-likeness (QED) is 0.578. The Morgan fingerprint density at radius 2 is 2.13 bits per heavy atom. The van der Waals surface area contributed by atoms with Crippen molar-refractivity contribution >= 4 is 18.6 Å². The Labute approximate surface area is 93.6 Å². The van der Waals surface area contributed by atoms with Gasteiger partial charge in [-0.05, 0) is 16.9 Å². The Hall–Kier alpha value is -0.980. The molecule has 0 saturated heterocycles. The van der Waals surface area contributed by atoms with Crippen molar-refractivity contribution < 1.29 is 9.53 Å². The zero-order chi connectivity index (χ0) is 11.3. The molecule has 0 amide bonds. The first-order valence-electron chi connectivity index (χ1n) is 4.53. The lowest BCUT2D eigenvalue weighted by Crippen LogP contribution is -2.36. The highest BCUT2D eigenvalue weighted by atomic mass is 32.1. The normalized spacial score (nSPS) is 19.1. The van der Waals surface area contributed by atoms with Gasteiger partial charge >= 0.3 is 5.97 Å². The van der Waals surface area contributed by atoms with E-state index in [0.717, 1.165) is 0 Å². The first-order valence-corrected chi connectivity index (χ1v) is 5.04. The summed E-state index contributed by atoms with van der Waals surface area (Å²) in [6, 6.07) is 0. The molecule has 7 heteroatoms. The third-order valence-electron chi connectivity index (χ3n) is 2.12. The number of ether oxygens (including phenoxy) is 1. The molecule has 83 valence electrons. The molecule has 0 fully saturated rings. The first-order chi connectivity index (χ1) is 7.14. The monoisotopic (exact) mass is 229 g/mol. The van der Waals surface area contributed by atoms with E-state index in [1.54, 1.807) is 0 Å². The second kappa shape index (κ2) is 5.20. The molecule has 0 saturated carbocycles. The standard InChI is InChI=1S/C8H13N4O2S/c1-3-4-6(15)8(5-7(13)14-2)9-11-12-10-8/h6,15H,1,3-5H2,2H3. The summed E-state index contributed by atoms with van der Waals surface area (Å²) < 4.78 is 4.57. The SMILES string of the molecule is [CH2]CCC(S)C1(CC(=O)OC)N=NN=N1. The Balaban J connectivity index is 2.75. The van der Waals surface area contributed by atoms with Crippen molar-refractivity contribution in [2.24, 2.45) is 20.7 Å². The van der Waals surface area contributed by atoms with Crippen molar-refractivity contribution in [1.29, 1.82) is 0 Å². The van der Waals surface area contributed by atoms with Crippen LogP contribution in [0.1, 0.15) is 19.3 Å². The molecule has 1 unspecified atom stereocenters. The minimum absolute atomic E-state index is 0.00463. The average molecular weight is 229 g/mol. The number of rotatable bonds is 5. The molecule has 0 aromatic heterocycles. The summed E-state index contributed by atoms with van der Waals surface area (Å²) >= 11 is 4.35. The zero-order valence-corrected chi connectivity index (χ0v) is 9.35. The molecular weight excluding hydrogens is 216 g/mol. The number of carbonyl (C=O) groups excluding carboxylic acids is 1. The minimum atomic E-state index is -1.01. The van der Waals surface area contributed by atoms with Crippen LogP contribution in [0.3, 0.4) is 0 Å². The number of carbonyl (C=O) groups is 1. The average Bonchev–Trinajstić information content (AvgIpc) is 2.68. The maximum Gasteiger partial charge on any atom is 0.310 e. The van der Waals surface area contributed by atoms with E-state index in [1.807, 2.05) is 0 Å². The summed E-state index contributed by atoms with van der Waals surface area (Å²) in [5.74, 6) is -0.405. The summed E-state index contributed by atoms with van der Waals surface area (Å²) in [5, 5.41) is 14.4. The highest BCUT2D eigenvalue weighted by Gasteiger charge is 2.42. The van der Waals surface area contributed by atoms with Gasteiger partial charge in [-0.25, -0.2) is 0 Å². The van der Waals surface area contributed by atoms with Crippen LogP contribution in [0.15, 0.2) is 20.7 Å². The van der Waals surface area contributed by atoms with E-state index in [9.17, 15) is 4.79 Å². The van der Waals surface area contributed by atoms with Gasteiger partial charge in [-0.3, -0.25) is 4.79 Å². The molecule has 15 heavy (non-hydrogen) atoms. The van der Waals surface area contributed by atoms with Gasteiger partial charge < -0.3 is 4.74 Å². The molecule has 0 aromatic rings. The summed E-state index contributed by atoms with van der Waals surface area (Å²) in [7, 11) is 1.31. The third-order valence-corrected chi connectivity index (χ3v) is 2.79. The number of hydrogen-bond acceptors (Lipinski definition) is 7. The minimum Gasteiger partial charge on any atom is -0.469 e. The van der Waals surface area contributed by atoms with Gasteiger partial charge in [-0.2, -0.15) is 12.6 Å². The smallest absolute Gasteiger partial charge is 0.310 e. The Bertz CT molecular complexity index is 280. The van der Waals surface area contributed by atoms with Crippen molar-refractivity contribution in [3.8, 4) is 0 Å². The topological polar surface area (TPSA) is 75.7 Å². The Morgan fingerprint density at radius 3 is 2.60 bits per heavy atom. The maximum atomic E-state index is 11.2. The van der Waals surface area contributed by atoms with E-state index in [1.165, 1.54) is 7.11 Å². The highest BCUT2D eigenvalue weighted by Crippen LogP contribution is 2.34. The maximum absolute atomic E-state index is 11.2. The van der Waals surface area contributed by atoms with Crippen LogP contribution in [0.4, 0.5) is 0 Å². The van der Waals surface area contributed by atoms with Gasteiger partial charge in [0.2, 0.25) is 5.66 Å². The van der Waals surface area contributed by atoms with Crippen LogP contribution in [0, 0.1) is 6.92 Å². The second-order valence-corrected chi connectivity index (χ2v) is 3.79. The molecule has 0 bridgehead atoms. The summed E-state index contributed by atoms with van der Waals surface area (Å²) in [5.41, 5.74) is -1.01. The zero-order valence-electron chi connectivity index (χ0n) is 8.46. The predicted octanol–water partition coefficient (Wildman–Crippen LogP) is 1.99. The molecule has 0 aliphatic carbocycles. The molecule has 0 N–H and O–H groups in total. The highest BCUT2D eigenvalue weighted by molar-refractivity contribution is 7.81. The van der Waals surface area contributed by atoms with E-state index in [0.29, 0.717) is 12.8 Å². The van der Waals surface area contributed by atoms with Crippen LogP contribution < -0.4 is 0 Å². The lowest BCUT2D eigenvalue weighted by atomic mass is 10.00. The largest absolute Gasteiger partial charge is 0.469 e. The fraction of sp³-hybridized carbons (Fsp3) is 0.750. The van der Waals surface area contributed by atoms with Crippen molar-refractivity contribution in [3.05, 3.63) is 6.92 Å². The Morgan fingerprint density at radius 1 is 1.53 bits per heavy atom. The van der Waals surface area contributed by atoms with Crippen LogP contribution >= 0.6 is 12.6 Å². The van der Waals surface area contributed by atoms with Gasteiger partial charge in [-0.15, -0.1) is 10.2 Å². The molecule has 6 nitrogen and oxygen atoms in total. The predicted molar refractivity (Wildman–Crippen MR) is 56.4 cm³/mol. The number of methoxy groups -OCH3 is 1. The van der Waals surface area contributed by atoms with Gasteiger partial charge in [0.05, 0.1) is 18.8 Å². The number of hydrogen-bond donors (Lipinski definition) is 1. The van der Waals surface area contributed by atoms with Crippen LogP contribution in [-0.4, -0.2) is 24.0 Å². The fourth-order valence-electron chi connectivity index (χ4n) is 1.25. The van der Waals surface area contributed by atoms with E-state index in [-0.39, 0.29) is 11.7 Å².